The molecule has 4 heteroatoms. The van der Waals surface area contributed by atoms with Crippen LogP contribution in [0.1, 0.15) is 11.1 Å². The van der Waals surface area contributed by atoms with Crippen molar-refractivity contribution in [1.29, 1.82) is 0 Å². The van der Waals surface area contributed by atoms with Gasteiger partial charge in [-0.15, -0.1) is 0 Å². The van der Waals surface area contributed by atoms with Gasteiger partial charge < -0.3 is 0 Å². The van der Waals surface area contributed by atoms with E-state index in [1.165, 1.54) is 0 Å². The van der Waals surface area contributed by atoms with E-state index in [0.717, 1.165) is 28.1 Å². The molecule has 3 nitrogen and oxygen atoms in total. The van der Waals surface area contributed by atoms with Gasteiger partial charge in [0, 0.05) is 17.0 Å². The van der Waals surface area contributed by atoms with E-state index in [2.05, 4.69) is 5.10 Å². The summed E-state index contributed by atoms with van der Waals surface area (Å²) in [7, 11) is 0. The van der Waals surface area contributed by atoms with Crippen LogP contribution in [-0.2, 0) is 6.42 Å². The number of hydrogen-bond donors (Lipinski definition) is 1. The van der Waals surface area contributed by atoms with Gasteiger partial charge in [0.25, 0.3) is 5.56 Å². The third-order valence-electron chi connectivity index (χ3n) is 4.33. The van der Waals surface area contributed by atoms with Gasteiger partial charge in [-0.1, -0.05) is 72.3 Å². The molecule has 1 aromatic heterocycles. The molecule has 26 heavy (non-hydrogen) atoms. The molecular formula is C22H17ClN2O. The fourth-order valence-corrected chi connectivity index (χ4v) is 3.30. The topological polar surface area (TPSA) is 37.8 Å². The molecule has 0 spiro atoms. The first-order valence-corrected chi connectivity index (χ1v) is 8.79. The van der Waals surface area contributed by atoms with Crippen LogP contribution in [0, 0.1) is 0 Å². The van der Waals surface area contributed by atoms with Crippen LogP contribution < -0.4 is 5.56 Å². The second kappa shape index (κ2) is 7.06. The Kier molecular flexibility index (Phi) is 4.46. The highest BCUT2D eigenvalue weighted by molar-refractivity contribution is 6.30. The summed E-state index contributed by atoms with van der Waals surface area (Å²) < 4.78 is 1.60. The van der Waals surface area contributed by atoms with Crippen LogP contribution >= 0.6 is 11.6 Å². The molecule has 0 aliphatic heterocycles. The fraction of sp³-hybridized carbons (Fsp3) is 0.0455. The summed E-state index contributed by atoms with van der Waals surface area (Å²) in [5.41, 5.74) is 4.31. The zero-order chi connectivity index (χ0) is 17.9. The lowest BCUT2D eigenvalue weighted by molar-refractivity contribution is 0.849. The summed E-state index contributed by atoms with van der Waals surface area (Å²) in [4.78, 5) is 13.2. The lowest BCUT2D eigenvalue weighted by atomic mass is 10.0. The molecule has 0 amide bonds. The van der Waals surface area contributed by atoms with Crippen LogP contribution in [0.3, 0.4) is 0 Å². The average Bonchev–Trinajstić information content (AvgIpc) is 3.00. The van der Waals surface area contributed by atoms with E-state index in [0.29, 0.717) is 11.4 Å². The lowest BCUT2D eigenvalue weighted by Crippen LogP contribution is -2.17. The van der Waals surface area contributed by atoms with Gasteiger partial charge in [-0.25, -0.2) is 4.68 Å². The second-order valence-electron chi connectivity index (χ2n) is 6.11. The maximum absolute atomic E-state index is 13.2. The van der Waals surface area contributed by atoms with Crippen LogP contribution in [0.4, 0.5) is 0 Å². The van der Waals surface area contributed by atoms with E-state index in [-0.39, 0.29) is 5.56 Å². The number of benzene rings is 3. The number of nitrogens with zero attached hydrogens (tertiary/aromatic N) is 1. The van der Waals surface area contributed by atoms with Gasteiger partial charge >= 0.3 is 0 Å². The Labute approximate surface area is 156 Å². The van der Waals surface area contributed by atoms with Crippen molar-refractivity contribution in [2.45, 2.75) is 6.42 Å². The van der Waals surface area contributed by atoms with E-state index in [1.807, 2.05) is 84.9 Å². The maximum Gasteiger partial charge on any atom is 0.275 e. The lowest BCUT2D eigenvalue weighted by Gasteiger charge is -2.03. The van der Waals surface area contributed by atoms with Crippen molar-refractivity contribution < 1.29 is 0 Å². The molecule has 0 saturated heterocycles. The molecule has 1 N–H and O–H groups in total. The standard InChI is InChI=1S/C22H17ClN2O/c23-18-11-7-8-16(14-18)15-20-21(17-9-3-1-4-10-17)24-25(22(20)26)19-12-5-2-6-13-19/h1-14,24H,15H2. The van der Waals surface area contributed by atoms with E-state index < -0.39 is 0 Å². The third-order valence-corrected chi connectivity index (χ3v) is 4.57. The first-order chi connectivity index (χ1) is 12.7. The number of hydrogen-bond acceptors (Lipinski definition) is 1. The van der Waals surface area contributed by atoms with E-state index in [4.69, 9.17) is 11.6 Å². The summed E-state index contributed by atoms with van der Waals surface area (Å²) in [6, 6.07) is 27.1. The first kappa shape index (κ1) is 16.4. The Balaban J connectivity index is 1.88. The summed E-state index contributed by atoms with van der Waals surface area (Å²) in [6.45, 7) is 0. The maximum atomic E-state index is 13.2. The summed E-state index contributed by atoms with van der Waals surface area (Å²) in [5.74, 6) is 0. The Bertz CT molecular complexity index is 1080. The molecule has 128 valence electrons. The Hall–Kier alpha value is -3.04. The van der Waals surface area contributed by atoms with Crippen LogP contribution in [0.5, 0.6) is 0 Å². The zero-order valence-corrected chi connectivity index (χ0v) is 14.8. The van der Waals surface area contributed by atoms with Crippen LogP contribution in [0.15, 0.2) is 89.7 Å². The molecule has 0 atom stereocenters. The number of nitrogens with one attached hydrogen (secondary N) is 1. The van der Waals surface area contributed by atoms with Crippen molar-refractivity contribution in [3.05, 3.63) is 111 Å². The molecular weight excluding hydrogens is 344 g/mol. The number of aromatic amines is 1. The molecule has 0 radical (unpaired) electrons. The smallest absolute Gasteiger partial charge is 0.275 e. The minimum absolute atomic E-state index is 0.0463. The molecule has 0 saturated carbocycles. The molecule has 0 bridgehead atoms. The number of H-pyrrole nitrogens is 1. The first-order valence-electron chi connectivity index (χ1n) is 8.41. The van der Waals surface area contributed by atoms with Gasteiger partial charge in [0.05, 0.1) is 11.4 Å². The minimum Gasteiger partial charge on any atom is -0.290 e. The molecule has 4 rings (SSSR count). The van der Waals surface area contributed by atoms with Gasteiger partial charge in [-0.2, -0.15) is 0 Å². The minimum atomic E-state index is -0.0463. The van der Waals surface area contributed by atoms with Gasteiger partial charge in [0.2, 0.25) is 0 Å². The Morgan fingerprint density at radius 3 is 2.23 bits per heavy atom. The van der Waals surface area contributed by atoms with Crippen LogP contribution in [0.2, 0.25) is 5.02 Å². The van der Waals surface area contributed by atoms with Crippen molar-refractivity contribution in [2.24, 2.45) is 0 Å². The normalized spacial score (nSPS) is 10.8. The SMILES string of the molecule is O=c1c(Cc2cccc(Cl)c2)c(-c2ccccc2)[nH]n1-c1ccccc1. The molecule has 4 aromatic rings. The fourth-order valence-electron chi connectivity index (χ4n) is 3.09. The van der Waals surface area contributed by atoms with Gasteiger partial charge in [-0.05, 0) is 35.4 Å². The van der Waals surface area contributed by atoms with E-state index in [1.54, 1.807) is 4.68 Å². The molecule has 1 heterocycles. The molecule has 3 aromatic carbocycles. The largest absolute Gasteiger partial charge is 0.290 e. The molecule has 0 unspecified atom stereocenters. The second-order valence-corrected chi connectivity index (χ2v) is 6.55. The predicted octanol–water partition coefficient (Wildman–Crippen LogP) is 5.08. The quantitative estimate of drug-likeness (QED) is 0.541. The Morgan fingerprint density at radius 2 is 1.54 bits per heavy atom. The van der Waals surface area contributed by atoms with Crippen molar-refractivity contribution in [3.63, 3.8) is 0 Å². The number of rotatable bonds is 4. The highest BCUT2D eigenvalue weighted by atomic mass is 35.5. The molecule has 0 fully saturated rings. The average molecular weight is 361 g/mol. The van der Waals surface area contributed by atoms with Gasteiger partial charge in [0.1, 0.15) is 0 Å². The van der Waals surface area contributed by atoms with Gasteiger partial charge in [0.15, 0.2) is 0 Å². The summed E-state index contributed by atoms with van der Waals surface area (Å²) in [6.07, 6.45) is 0.514. The van der Waals surface area contributed by atoms with Crippen LogP contribution in [0.25, 0.3) is 16.9 Å². The number of para-hydroxylation sites is 1. The monoisotopic (exact) mass is 360 g/mol. The molecule has 0 aliphatic rings. The van der Waals surface area contributed by atoms with E-state index >= 15 is 0 Å². The highest BCUT2D eigenvalue weighted by Crippen LogP contribution is 2.23. The van der Waals surface area contributed by atoms with Crippen molar-refractivity contribution in [1.82, 2.24) is 9.78 Å². The zero-order valence-electron chi connectivity index (χ0n) is 14.0. The van der Waals surface area contributed by atoms with Crippen molar-refractivity contribution in [2.75, 3.05) is 0 Å². The summed E-state index contributed by atoms with van der Waals surface area (Å²) in [5, 5.41) is 3.96. The third kappa shape index (κ3) is 3.22. The molecule has 0 aliphatic carbocycles. The highest BCUT2D eigenvalue weighted by Gasteiger charge is 2.17. The van der Waals surface area contributed by atoms with Crippen molar-refractivity contribution >= 4 is 11.6 Å². The predicted molar refractivity (Wildman–Crippen MR) is 106 cm³/mol. The van der Waals surface area contributed by atoms with E-state index in [9.17, 15) is 4.79 Å². The summed E-state index contributed by atoms with van der Waals surface area (Å²) >= 11 is 6.12. The van der Waals surface area contributed by atoms with Crippen LogP contribution in [-0.4, -0.2) is 9.78 Å². The van der Waals surface area contributed by atoms with Crippen molar-refractivity contribution in [3.8, 4) is 16.9 Å². The number of aromatic nitrogens is 2. The Morgan fingerprint density at radius 1 is 0.846 bits per heavy atom. The van der Waals surface area contributed by atoms with Gasteiger partial charge in [-0.3, -0.25) is 9.89 Å². The number of halogens is 1.